The second-order valence-corrected chi connectivity index (χ2v) is 6.16. The van der Waals surface area contributed by atoms with Gasteiger partial charge in [-0.25, -0.2) is 0 Å². The van der Waals surface area contributed by atoms with Crippen molar-refractivity contribution < 1.29 is 14.3 Å². The van der Waals surface area contributed by atoms with E-state index in [2.05, 4.69) is 6.92 Å². The van der Waals surface area contributed by atoms with Crippen molar-refractivity contribution in [3.63, 3.8) is 0 Å². The van der Waals surface area contributed by atoms with Crippen LogP contribution in [0.5, 0.6) is 0 Å². The third-order valence-electron chi connectivity index (χ3n) is 5.22. The molecule has 0 spiro atoms. The van der Waals surface area contributed by atoms with Crippen molar-refractivity contribution in [3.05, 3.63) is 0 Å². The van der Waals surface area contributed by atoms with E-state index in [0.29, 0.717) is 19.4 Å². The van der Waals surface area contributed by atoms with Crippen LogP contribution < -0.4 is 5.73 Å². The second-order valence-electron chi connectivity index (χ2n) is 6.16. The zero-order valence-electron chi connectivity index (χ0n) is 11.4. The molecule has 3 aliphatic rings. The Morgan fingerprint density at radius 3 is 2.37 bits per heavy atom. The van der Waals surface area contributed by atoms with E-state index in [4.69, 9.17) is 10.5 Å². The lowest BCUT2D eigenvalue weighted by Crippen LogP contribution is -2.68. The fourth-order valence-electron chi connectivity index (χ4n) is 3.96. The Balaban J connectivity index is 1.98. The lowest BCUT2D eigenvalue weighted by molar-refractivity contribution is -0.180. The smallest absolute Gasteiger partial charge is 0.258 e. The van der Waals surface area contributed by atoms with Crippen LogP contribution in [-0.2, 0) is 14.3 Å². The molecule has 5 nitrogen and oxygen atoms in total. The SMILES string of the molecule is CC1CCCCC1(CN)N1C(=O)C2CCC(O2)C1=O. The fraction of sp³-hybridized carbons (Fsp3) is 0.857. The van der Waals surface area contributed by atoms with Gasteiger partial charge in [0.2, 0.25) is 0 Å². The summed E-state index contributed by atoms with van der Waals surface area (Å²) in [6.45, 7) is 2.48. The molecule has 106 valence electrons. The fourth-order valence-corrected chi connectivity index (χ4v) is 3.96. The summed E-state index contributed by atoms with van der Waals surface area (Å²) >= 11 is 0. The number of nitrogens with zero attached hydrogens (tertiary/aromatic N) is 1. The summed E-state index contributed by atoms with van der Waals surface area (Å²) in [5.41, 5.74) is 5.53. The first-order valence-electron chi connectivity index (χ1n) is 7.33. The van der Waals surface area contributed by atoms with E-state index in [9.17, 15) is 9.59 Å². The number of ether oxygens (including phenoxy) is 1. The normalized spacial score (nSPS) is 42.8. The molecule has 0 aromatic carbocycles. The maximum Gasteiger partial charge on any atom is 0.258 e. The van der Waals surface area contributed by atoms with Crippen molar-refractivity contribution in [1.29, 1.82) is 0 Å². The average molecular weight is 266 g/mol. The number of carbonyl (C=O) groups is 2. The summed E-state index contributed by atoms with van der Waals surface area (Å²) in [6.07, 6.45) is 4.56. The van der Waals surface area contributed by atoms with Crippen LogP contribution in [0.25, 0.3) is 0 Å². The Morgan fingerprint density at radius 1 is 1.21 bits per heavy atom. The molecule has 2 amide bonds. The van der Waals surface area contributed by atoms with Crippen molar-refractivity contribution in [3.8, 4) is 0 Å². The largest absolute Gasteiger partial charge is 0.355 e. The summed E-state index contributed by atoms with van der Waals surface area (Å²) in [6, 6.07) is 0. The molecular weight excluding hydrogens is 244 g/mol. The number of amides is 2. The van der Waals surface area contributed by atoms with Crippen LogP contribution >= 0.6 is 0 Å². The number of nitrogens with two attached hydrogens (primary N) is 1. The van der Waals surface area contributed by atoms with Gasteiger partial charge in [0, 0.05) is 6.54 Å². The third-order valence-corrected chi connectivity index (χ3v) is 5.22. The number of hydrogen-bond donors (Lipinski definition) is 1. The summed E-state index contributed by atoms with van der Waals surface area (Å²) in [4.78, 5) is 26.6. The molecule has 2 N–H and O–H groups in total. The Hall–Kier alpha value is -0.940. The lowest BCUT2D eigenvalue weighted by Gasteiger charge is -2.50. The second kappa shape index (κ2) is 4.56. The minimum absolute atomic E-state index is 0.155. The molecule has 2 saturated heterocycles. The molecule has 3 rings (SSSR count). The summed E-state index contributed by atoms with van der Waals surface area (Å²) in [5, 5.41) is 0. The van der Waals surface area contributed by atoms with Crippen molar-refractivity contribution in [2.45, 2.75) is 63.2 Å². The molecule has 2 aliphatic heterocycles. The zero-order chi connectivity index (χ0) is 13.6. The van der Waals surface area contributed by atoms with Crippen LogP contribution in [-0.4, -0.2) is 41.0 Å². The van der Waals surface area contributed by atoms with Gasteiger partial charge in [-0.05, 0) is 31.6 Å². The first kappa shape index (κ1) is 13.1. The van der Waals surface area contributed by atoms with Crippen LogP contribution in [0.2, 0.25) is 0 Å². The van der Waals surface area contributed by atoms with Gasteiger partial charge in [-0.15, -0.1) is 0 Å². The van der Waals surface area contributed by atoms with Gasteiger partial charge in [0.1, 0.15) is 12.2 Å². The Labute approximate surface area is 113 Å². The molecule has 19 heavy (non-hydrogen) atoms. The molecule has 2 heterocycles. The van der Waals surface area contributed by atoms with E-state index in [-0.39, 0.29) is 17.7 Å². The molecule has 5 heteroatoms. The van der Waals surface area contributed by atoms with Crippen LogP contribution in [0.1, 0.15) is 45.4 Å². The minimum Gasteiger partial charge on any atom is -0.355 e. The third kappa shape index (κ3) is 1.75. The Bertz CT molecular complexity index is 389. The van der Waals surface area contributed by atoms with Crippen molar-refractivity contribution in [1.82, 2.24) is 4.90 Å². The highest BCUT2D eigenvalue weighted by molar-refractivity contribution is 6.03. The number of likely N-dealkylation sites (tertiary alicyclic amines) is 1. The molecule has 3 fully saturated rings. The van der Waals surface area contributed by atoms with Gasteiger partial charge < -0.3 is 10.5 Å². The van der Waals surface area contributed by atoms with Crippen molar-refractivity contribution in [2.24, 2.45) is 11.7 Å². The minimum atomic E-state index is -0.475. The standard InChI is InChI=1S/C14H22N2O3/c1-9-4-2-3-7-14(9,8-15)16-12(17)10-5-6-11(19-10)13(16)18/h9-11H,2-8,15H2,1H3. The molecule has 4 atom stereocenters. The molecular formula is C14H22N2O3. The van der Waals surface area contributed by atoms with E-state index in [0.717, 1.165) is 25.7 Å². The first-order valence-corrected chi connectivity index (χ1v) is 7.33. The molecule has 0 radical (unpaired) electrons. The molecule has 1 aliphatic carbocycles. The lowest BCUT2D eigenvalue weighted by atomic mass is 9.72. The highest BCUT2D eigenvalue weighted by Gasteiger charge is 2.55. The molecule has 4 unspecified atom stereocenters. The first-order chi connectivity index (χ1) is 9.10. The van der Waals surface area contributed by atoms with E-state index in [1.807, 2.05) is 0 Å². The highest BCUT2D eigenvalue weighted by atomic mass is 16.5. The maximum absolute atomic E-state index is 12.5. The van der Waals surface area contributed by atoms with Crippen LogP contribution in [0.4, 0.5) is 0 Å². The predicted octanol–water partition coefficient (Wildman–Crippen LogP) is 0.810. The molecule has 1 saturated carbocycles. The van der Waals surface area contributed by atoms with Crippen molar-refractivity contribution in [2.75, 3.05) is 6.54 Å². The summed E-state index contributed by atoms with van der Waals surface area (Å²) in [5.74, 6) is -0.0347. The average Bonchev–Trinajstić information content (AvgIpc) is 2.86. The predicted molar refractivity (Wildman–Crippen MR) is 69.2 cm³/mol. The van der Waals surface area contributed by atoms with Crippen molar-refractivity contribution >= 4 is 11.8 Å². The van der Waals surface area contributed by atoms with Gasteiger partial charge in [-0.2, -0.15) is 0 Å². The molecule has 0 aromatic heterocycles. The number of hydrogen-bond acceptors (Lipinski definition) is 4. The van der Waals surface area contributed by atoms with Gasteiger partial charge in [0.15, 0.2) is 0 Å². The van der Waals surface area contributed by atoms with Gasteiger partial charge in [0.05, 0.1) is 5.54 Å². The highest BCUT2D eigenvalue weighted by Crippen LogP contribution is 2.42. The summed E-state index contributed by atoms with van der Waals surface area (Å²) in [7, 11) is 0. The summed E-state index contributed by atoms with van der Waals surface area (Å²) < 4.78 is 5.49. The quantitative estimate of drug-likeness (QED) is 0.751. The molecule has 0 aromatic rings. The van der Waals surface area contributed by atoms with Gasteiger partial charge in [-0.3, -0.25) is 14.5 Å². The van der Waals surface area contributed by atoms with E-state index < -0.39 is 17.7 Å². The molecule has 2 bridgehead atoms. The number of rotatable bonds is 2. The van der Waals surface area contributed by atoms with E-state index >= 15 is 0 Å². The van der Waals surface area contributed by atoms with Crippen LogP contribution in [0, 0.1) is 5.92 Å². The number of morpholine rings is 1. The Kier molecular flexibility index (Phi) is 3.14. The van der Waals surface area contributed by atoms with E-state index in [1.54, 1.807) is 0 Å². The monoisotopic (exact) mass is 266 g/mol. The van der Waals surface area contributed by atoms with Crippen LogP contribution in [0.3, 0.4) is 0 Å². The maximum atomic E-state index is 12.5. The number of carbonyl (C=O) groups excluding carboxylic acids is 2. The number of fused-ring (bicyclic) bond motifs is 2. The van der Waals surface area contributed by atoms with Gasteiger partial charge in [-0.1, -0.05) is 19.8 Å². The topological polar surface area (TPSA) is 72.6 Å². The van der Waals surface area contributed by atoms with Crippen LogP contribution in [0.15, 0.2) is 0 Å². The zero-order valence-corrected chi connectivity index (χ0v) is 11.4. The van der Waals surface area contributed by atoms with E-state index in [1.165, 1.54) is 4.90 Å². The Morgan fingerprint density at radius 2 is 1.84 bits per heavy atom. The van der Waals surface area contributed by atoms with Gasteiger partial charge in [0.25, 0.3) is 11.8 Å². The van der Waals surface area contributed by atoms with Gasteiger partial charge >= 0.3 is 0 Å². The number of imide groups is 1.